The molecule has 0 aromatic heterocycles. The van der Waals surface area contributed by atoms with Crippen LogP contribution in [0.2, 0.25) is 0 Å². The molecule has 0 fully saturated rings. The zero-order chi connectivity index (χ0) is 14.7. The summed E-state index contributed by atoms with van der Waals surface area (Å²) in [6.45, 7) is 1.78. The Hall–Kier alpha value is -2.43. The average molecular weight is 276 g/mol. The van der Waals surface area contributed by atoms with Gasteiger partial charge in [0.1, 0.15) is 11.6 Å². The van der Waals surface area contributed by atoms with Crippen molar-refractivity contribution in [3.8, 4) is 0 Å². The molecule has 0 bridgehead atoms. The monoisotopic (exact) mass is 276 g/mol. The Labute approximate surface area is 115 Å². The summed E-state index contributed by atoms with van der Waals surface area (Å²) >= 11 is 0. The van der Waals surface area contributed by atoms with Crippen LogP contribution in [0.5, 0.6) is 0 Å². The van der Waals surface area contributed by atoms with Gasteiger partial charge in [-0.25, -0.2) is 8.78 Å². The van der Waals surface area contributed by atoms with E-state index in [0.717, 1.165) is 23.8 Å². The first-order valence-corrected chi connectivity index (χ1v) is 6.08. The van der Waals surface area contributed by atoms with Crippen LogP contribution in [-0.2, 0) is 0 Å². The van der Waals surface area contributed by atoms with E-state index in [-0.39, 0.29) is 11.6 Å². The van der Waals surface area contributed by atoms with Crippen LogP contribution in [0.3, 0.4) is 0 Å². The molecule has 0 heterocycles. The van der Waals surface area contributed by atoms with E-state index >= 15 is 0 Å². The number of rotatable bonds is 3. The molecule has 2 aromatic rings. The van der Waals surface area contributed by atoms with Crippen molar-refractivity contribution in [3.63, 3.8) is 0 Å². The molecule has 0 aliphatic carbocycles. The molecule has 1 atom stereocenters. The SMILES string of the molecule is CC(NC(=O)c1cc(F)cc(F)c1)c1ccc(N)cc1. The lowest BCUT2D eigenvalue weighted by Crippen LogP contribution is -2.26. The van der Waals surface area contributed by atoms with Crippen LogP contribution in [0, 0.1) is 11.6 Å². The first-order valence-electron chi connectivity index (χ1n) is 6.08. The quantitative estimate of drug-likeness (QED) is 0.847. The van der Waals surface area contributed by atoms with Crippen molar-refractivity contribution in [1.82, 2.24) is 5.32 Å². The summed E-state index contributed by atoms with van der Waals surface area (Å²) < 4.78 is 26.1. The smallest absolute Gasteiger partial charge is 0.251 e. The van der Waals surface area contributed by atoms with Gasteiger partial charge in [0, 0.05) is 17.3 Å². The Morgan fingerprint density at radius 3 is 2.20 bits per heavy atom. The number of amides is 1. The fourth-order valence-electron chi connectivity index (χ4n) is 1.83. The molecule has 104 valence electrons. The Kier molecular flexibility index (Phi) is 3.98. The third kappa shape index (κ3) is 3.32. The van der Waals surface area contributed by atoms with Crippen LogP contribution in [0.25, 0.3) is 0 Å². The predicted octanol–water partition coefficient (Wildman–Crippen LogP) is 3.04. The zero-order valence-electron chi connectivity index (χ0n) is 10.9. The van der Waals surface area contributed by atoms with Crippen molar-refractivity contribution in [3.05, 3.63) is 65.2 Å². The molecule has 1 unspecified atom stereocenters. The molecular weight excluding hydrogens is 262 g/mol. The molecule has 0 radical (unpaired) electrons. The number of hydrogen-bond acceptors (Lipinski definition) is 2. The summed E-state index contributed by atoms with van der Waals surface area (Å²) in [6.07, 6.45) is 0. The molecular formula is C15H14F2N2O. The Morgan fingerprint density at radius 2 is 1.65 bits per heavy atom. The third-order valence-corrected chi connectivity index (χ3v) is 2.91. The van der Waals surface area contributed by atoms with Crippen LogP contribution < -0.4 is 11.1 Å². The van der Waals surface area contributed by atoms with Crippen LogP contribution >= 0.6 is 0 Å². The highest BCUT2D eigenvalue weighted by atomic mass is 19.1. The van der Waals surface area contributed by atoms with E-state index in [9.17, 15) is 13.6 Å². The number of nitrogens with two attached hydrogens (primary N) is 1. The Bertz CT molecular complexity index is 606. The molecule has 0 saturated carbocycles. The van der Waals surface area contributed by atoms with Crippen molar-refractivity contribution in [2.24, 2.45) is 0 Å². The van der Waals surface area contributed by atoms with Crippen molar-refractivity contribution < 1.29 is 13.6 Å². The predicted molar refractivity (Wildman–Crippen MR) is 73.1 cm³/mol. The normalized spacial score (nSPS) is 11.9. The second kappa shape index (κ2) is 5.69. The lowest BCUT2D eigenvalue weighted by molar-refractivity contribution is 0.0939. The summed E-state index contributed by atoms with van der Waals surface area (Å²) in [5, 5.41) is 2.67. The largest absolute Gasteiger partial charge is 0.399 e. The van der Waals surface area contributed by atoms with Crippen molar-refractivity contribution in [1.29, 1.82) is 0 Å². The van der Waals surface area contributed by atoms with Gasteiger partial charge in [-0.15, -0.1) is 0 Å². The Morgan fingerprint density at radius 1 is 1.10 bits per heavy atom. The van der Waals surface area contributed by atoms with E-state index in [1.165, 1.54) is 0 Å². The Balaban J connectivity index is 2.12. The van der Waals surface area contributed by atoms with Crippen molar-refractivity contribution in [2.75, 3.05) is 5.73 Å². The molecule has 1 amide bonds. The maximum atomic E-state index is 13.1. The number of carbonyl (C=O) groups excluding carboxylic acids is 1. The molecule has 3 N–H and O–H groups in total. The number of anilines is 1. The van der Waals surface area contributed by atoms with Gasteiger partial charge in [0.2, 0.25) is 0 Å². The topological polar surface area (TPSA) is 55.1 Å². The molecule has 5 heteroatoms. The second-order valence-corrected chi connectivity index (χ2v) is 4.52. The fraction of sp³-hybridized carbons (Fsp3) is 0.133. The van der Waals surface area contributed by atoms with E-state index in [2.05, 4.69) is 5.32 Å². The average Bonchev–Trinajstić information content (AvgIpc) is 2.38. The molecule has 2 aromatic carbocycles. The van der Waals surface area contributed by atoms with E-state index in [1.807, 2.05) is 0 Å². The number of hydrogen-bond donors (Lipinski definition) is 2. The van der Waals surface area contributed by atoms with E-state index in [0.29, 0.717) is 5.69 Å². The maximum Gasteiger partial charge on any atom is 0.251 e. The summed E-state index contributed by atoms with van der Waals surface area (Å²) in [5.41, 5.74) is 7.01. The van der Waals surface area contributed by atoms with E-state index in [1.54, 1.807) is 31.2 Å². The molecule has 0 saturated heterocycles. The highest BCUT2D eigenvalue weighted by Gasteiger charge is 2.13. The highest BCUT2D eigenvalue weighted by Crippen LogP contribution is 2.15. The van der Waals surface area contributed by atoms with Gasteiger partial charge >= 0.3 is 0 Å². The van der Waals surface area contributed by atoms with Crippen LogP contribution in [0.15, 0.2) is 42.5 Å². The number of nitrogen functional groups attached to an aromatic ring is 1. The van der Waals surface area contributed by atoms with Gasteiger partial charge in [-0.05, 0) is 36.8 Å². The van der Waals surface area contributed by atoms with Crippen LogP contribution in [0.1, 0.15) is 28.9 Å². The lowest BCUT2D eigenvalue weighted by atomic mass is 10.1. The van der Waals surface area contributed by atoms with Gasteiger partial charge in [-0.1, -0.05) is 12.1 Å². The first kappa shape index (κ1) is 14.0. The lowest BCUT2D eigenvalue weighted by Gasteiger charge is -2.14. The number of halogens is 2. The van der Waals surface area contributed by atoms with Crippen LogP contribution in [-0.4, -0.2) is 5.91 Å². The summed E-state index contributed by atoms with van der Waals surface area (Å²) in [6, 6.07) is 9.43. The van der Waals surface area contributed by atoms with Gasteiger partial charge in [-0.2, -0.15) is 0 Å². The second-order valence-electron chi connectivity index (χ2n) is 4.52. The van der Waals surface area contributed by atoms with Crippen molar-refractivity contribution in [2.45, 2.75) is 13.0 Å². The minimum atomic E-state index is -0.782. The molecule has 0 spiro atoms. The van der Waals surface area contributed by atoms with Gasteiger partial charge in [0.05, 0.1) is 6.04 Å². The van der Waals surface area contributed by atoms with E-state index < -0.39 is 17.5 Å². The van der Waals surface area contributed by atoms with Gasteiger partial charge in [-0.3, -0.25) is 4.79 Å². The third-order valence-electron chi connectivity index (χ3n) is 2.91. The minimum absolute atomic E-state index is 0.0511. The van der Waals surface area contributed by atoms with Crippen LogP contribution in [0.4, 0.5) is 14.5 Å². The summed E-state index contributed by atoms with van der Waals surface area (Å²) in [5.74, 6) is -2.10. The van der Waals surface area contributed by atoms with Gasteiger partial charge in [0.15, 0.2) is 0 Å². The standard InChI is InChI=1S/C15H14F2N2O/c1-9(10-2-4-14(18)5-3-10)19-15(20)11-6-12(16)8-13(17)7-11/h2-9H,18H2,1H3,(H,19,20). The molecule has 2 rings (SSSR count). The molecule has 0 aliphatic heterocycles. The van der Waals surface area contributed by atoms with Gasteiger partial charge in [0.25, 0.3) is 5.91 Å². The molecule has 3 nitrogen and oxygen atoms in total. The summed E-state index contributed by atoms with van der Waals surface area (Å²) in [7, 11) is 0. The summed E-state index contributed by atoms with van der Waals surface area (Å²) in [4.78, 5) is 11.9. The minimum Gasteiger partial charge on any atom is -0.399 e. The highest BCUT2D eigenvalue weighted by molar-refractivity contribution is 5.94. The number of benzene rings is 2. The number of carbonyl (C=O) groups is 1. The zero-order valence-corrected chi connectivity index (χ0v) is 10.9. The van der Waals surface area contributed by atoms with Gasteiger partial charge < -0.3 is 11.1 Å². The maximum absolute atomic E-state index is 13.1. The molecule has 20 heavy (non-hydrogen) atoms. The number of nitrogens with one attached hydrogen (secondary N) is 1. The molecule has 0 aliphatic rings. The first-order chi connectivity index (χ1) is 9.45. The fourth-order valence-corrected chi connectivity index (χ4v) is 1.83. The van der Waals surface area contributed by atoms with Crippen molar-refractivity contribution >= 4 is 11.6 Å². The van der Waals surface area contributed by atoms with E-state index in [4.69, 9.17) is 5.73 Å².